The van der Waals surface area contributed by atoms with E-state index in [0.29, 0.717) is 11.6 Å². The van der Waals surface area contributed by atoms with Crippen molar-refractivity contribution in [2.45, 2.75) is 12.8 Å². The highest BCUT2D eigenvalue weighted by atomic mass is 35.5. The van der Waals surface area contributed by atoms with Crippen LogP contribution in [0.15, 0.2) is 12.3 Å². The quantitative estimate of drug-likeness (QED) is 0.778. The van der Waals surface area contributed by atoms with Gasteiger partial charge in [-0.25, -0.2) is 8.42 Å². The van der Waals surface area contributed by atoms with Crippen molar-refractivity contribution in [1.29, 1.82) is 0 Å². The number of aromatic nitrogens is 2. The number of sulfone groups is 1. The van der Waals surface area contributed by atoms with Crippen molar-refractivity contribution in [2.24, 2.45) is 18.9 Å². The van der Waals surface area contributed by atoms with Crippen LogP contribution in [0.3, 0.4) is 0 Å². The van der Waals surface area contributed by atoms with Crippen molar-refractivity contribution < 1.29 is 8.42 Å². The Morgan fingerprint density at radius 3 is 2.88 bits per heavy atom. The Morgan fingerprint density at radius 2 is 2.41 bits per heavy atom. The maximum absolute atomic E-state index is 11.5. The lowest BCUT2D eigenvalue weighted by Gasteiger charge is -2.18. The summed E-state index contributed by atoms with van der Waals surface area (Å²) in [5, 5.41) is 4.31. The molecule has 1 aliphatic heterocycles. The average molecular weight is 277 g/mol. The predicted octanol–water partition coefficient (Wildman–Crippen LogP) is 1.25. The Labute approximate surface area is 107 Å². The molecule has 6 heteroatoms. The van der Waals surface area contributed by atoms with Gasteiger partial charge in [-0.1, -0.05) is 0 Å². The van der Waals surface area contributed by atoms with Crippen LogP contribution >= 0.6 is 11.6 Å². The number of alkyl halides is 1. The zero-order valence-corrected chi connectivity index (χ0v) is 11.4. The summed E-state index contributed by atoms with van der Waals surface area (Å²) in [6.07, 6.45) is 3.41. The van der Waals surface area contributed by atoms with E-state index in [2.05, 4.69) is 5.10 Å². The van der Waals surface area contributed by atoms with Gasteiger partial charge in [0.25, 0.3) is 0 Å². The highest BCUT2D eigenvalue weighted by Gasteiger charge is 2.33. The van der Waals surface area contributed by atoms with Gasteiger partial charge in [-0.3, -0.25) is 4.68 Å². The highest BCUT2D eigenvalue weighted by Crippen LogP contribution is 2.29. The molecule has 2 rings (SSSR count). The van der Waals surface area contributed by atoms with Crippen molar-refractivity contribution in [3.8, 4) is 0 Å². The first-order valence-electron chi connectivity index (χ1n) is 5.75. The lowest BCUT2D eigenvalue weighted by Crippen LogP contribution is -2.20. The second-order valence-corrected chi connectivity index (χ2v) is 7.30. The van der Waals surface area contributed by atoms with Crippen LogP contribution < -0.4 is 0 Å². The zero-order valence-electron chi connectivity index (χ0n) is 9.84. The SMILES string of the molecule is Cn1ccc(CC(CCl)C2CCS(=O)(=O)C2)n1. The molecule has 17 heavy (non-hydrogen) atoms. The Bertz CT molecular complexity index is 483. The number of hydrogen-bond donors (Lipinski definition) is 0. The van der Waals surface area contributed by atoms with E-state index in [-0.39, 0.29) is 17.6 Å². The molecule has 0 spiro atoms. The third-order valence-corrected chi connectivity index (χ3v) is 5.56. The molecule has 0 bridgehead atoms. The van der Waals surface area contributed by atoms with Gasteiger partial charge in [0.05, 0.1) is 17.2 Å². The smallest absolute Gasteiger partial charge is 0.150 e. The minimum Gasteiger partial charge on any atom is -0.276 e. The van der Waals surface area contributed by atoms with Gasteiger partial charge in [0.1, 0.15) is 0 Å². The van der Waals surface area contributed by atoms with Crippen LogP contribution in [0, 0.1) is 11.8 Å². The molecular formula is C11H17ClN2O2S. The molecule has 1 aromatic rings. The molecule has 2 unspecified atom stereocenters. The van der Waals surface area contributed by atoms with Crippen LogP contribution in [0.1, 0.15) is 12.1 Å². The molecule has 4 nitrogen and oxygen atoms in total. The Morgan fingerprint density at radius 1 is 1.65 bits per heavy atom. The number of nitrogens with zero attached hydrogens (tertiary/aromatic N) is 2. The molecular weight excluding hydrogens is 260 g/mol. The molecule has 0 saturated carbocycles. The van der Waals surface area contributed by atoms with E-state index >= 15 is 0 Å². The van der Waals surface area contributed by atoms with E-state index in [0.717, 1.165) is 18.5 Å². The third-order valence-electron chi connectivity index (χ3n) is 3.37. The number of halogens is 1. The first-order valence-corrected chi connectivity index (χ1v) is 8.10. The molecule has 1 aliphatic rings. The van der Waals surface area contributed by atoms with Crippen LogP contribution in [0.2, 0.25) is 0 Å². The van der Waals surface area contributed by atoms with Gasteiger partial charge >= 0.3 is 0 Å². The largest absolute Gasteiger partial charge is 0.276 e. The summed E-state index contributed by atoms with van der Waals surface area (Å²) in [4.78, 5) is 0. The molecule has 0 aliphatic carbocycles. The van der Waals surface area contributed by atoms with Gasteiger partial charge in [0, 0.05) is 19.1 Å². The summed E-state index contributed by atoms with van der Waals surface area (Å²) in [5.74, 6) is 1.50. The fourth-order valence-corrected chi connectivity index (χ4v) is 4.66. The van der Waals surface area contributed by atoms with Crippen LogP contribution in [-0.2, 0) is 23.3 Å². The van der Waals surface area contributed by atoms with Crippen molar-refractivity contribution in [1.82, 2.24) is 9.78 Å². The fourth-order valence-electron chi connectivity index (χ4n) is 2.38. The number of aryl methyl sites for hydroxylation is 1. The second-order valence-electron chi connectivity index (χ2n) is 4.76. The Hall–Kier alpha value is -0.550. The van der Waals surface area contributed by atoms with E-state index in [1.54, 1.807) is 4.68 Å². The van der Waals surface area contributed by atoms with Gasteiger partial charge in [-0.05, 0) is 30.7 Å². The first kappa shape index (κ1) is 12.9. The zero-order chi connectivity index (χ0) is 12.5. The highest BCUT2D eigenvalue weighted by molar-refractivity contribution is 7.91. The van der Waals surface area contributed by atoms with Crippen molar-refractivity contribution >= 4 is 21.4 Å². The summed E-state index contributed by atoms with van der Waals surface area (Å²) in [5.41, 5.74) is 0.988. The molecule has 0 aromatic carbocycles. The number of hydrogen-bond acceptors (Lipinski definition) is 3. The van der Waals surface area contributed by atoms with Gasteiger partial charge in [0.15, 0.2) is 9.84 Å². The predicted molar refractivity (Wildman–Crippen MR) is 67.9 cm³/mol. The number of rotatable bonds is 4. The third kappa shape index (κ3) is 3.22. The van der Waals surface area contributed by atoms with E-state index in [1.165, 1.54) is 0 Å². The molecule has 2 heterocycles. The summed E-state index contributed by atoms with van der Waals surface area (Å²) in [7, 11) is -0.948. The molecule has 0 N–H and O–H groups in total. The van der Waals surface area contributed by atoms with Crippen molar-refractivity contribution in [3.63, 3.8) is 0 Å². The minimum absolute atomic E-state index is 0.194. The molecule has 0 radical (unpaired) electrons. The molecule has 0 amide bonds. The topological polar surface area (TPSA) is 52.0 Å². The average Bonchev–Trinajstić information content (AvgIpc) is 2.81. The van der Waals surface area contributed by atoms with Crippen LogP contribution in [0.5, 0.6) is 0 Å². The van der Waals surface area contributed by atoms with Gasteiger partial charge in [-0.2, -0.15) is 5.10 Å². The van der Waals surface area contributed by atoms with Crippen molar-refractivity contribution in [3.05, 3.63) is 18.0 Å². The Balaban J connectivity index is 2.02. The standard InChI is InChI=1S/C11H17ClN2O2S/c1-14-4-2-11(13-14)6-10(7-12)9-3-5-17(15,16)8-9/h2,4,9-10H,3,5-8H2,1H3. The maximum Gasteiger partial charge on any atom is 0.150 e. The first-order chi connectivity index (χ1) is 8.00. The van der Waals surface area contributed by atoms with E-state index in [1.807, 2.05) is 19.3 Å². The molecule has 2 atom stereocenters. The molecule has 1 fully saturated rings. The molecule has 1 saturated heterocycles. The lowest BCUT2D eigenvalue weighted by atomic mass is 9.89. The summed E-state index contributed by atoms with van der Waals surface area (Å²) in [6.45, 7) is 0. The maximum atomic E-state index is 11.5. The summed E-state index contributed by atoms with van der Waals surface area (Å²) in [6, 6.07) is 1.96. The van der Waals surface area contributed by atoms with E-state index in [4.69, 9.17) is 11.6 Å². The van der Waals surface area contributed by atoms with Crippen LogP contribution in [0.25, 0.3) is 0 Å². The van der Waals surface area contributed by atoms with Gasteiger partial charge < -0.3 is 0 Å². The molecule has 96 valence electrons. The van der Waals surface area contributed by atoms with Gasteiger partial charge in [-0.15, -0.1) is 11.6 Å². The second kappa shape index (κ2) is 4.98. The Kier molecular flexibility index (Phi) is 3.78. The van der Waals surface area contributed by atoms with E-state index in [9.17, 15) is 8.42 Å². The summed E-state index contributed by atoms with van der Waals surface area (Å²) < 4.78 is 24.7. The fraction of sp³-hybridized carbons (Fsp3) is 0.727. The molecule has 1 aromatic heterocycles. The van der Waals surface area contributed by atoms with Crippen LogP contribution in [0.4, 0.5) is 0 Å². The van der Waals surface area contributed by atoms with Gasteiger partial charge in [0.2, 0.25) is 0 Å². The lowest BCUT2D eigenvalue weighted by molar-refractivity contribution is 0.393. The minimum atomic E-state index is -2.82. The summed E-state index contributed by atoms with van der Waals surface area (Å²) >= 11 is 5.97. The normalized spacial score (nSPS) is 24.9. The van der Waals surface area contributed by atoms with E-state index < -0.39 is 9.84 Å². The van der Waals surface area contributed by atoms with Crippen molar-refractivity contribution in [2.75, 3.05) is 17.4 Å². The monoisotopic (exact) mass is 276 g/mol. The van der Waals surface area contributed by atoms with Crippen LogP contribution in [-0.4, -0.2) is 35.6 Å².